The van der Waals surface area contributed by atoms with Crippen LogP contribution in [0.3, 0.4) is 0 Å². The Bertz CT molecular complexity index is 709. The van der Waals surface area contributed by atoms with Crippen molar-refractivity contribution in [2.75, 3.05) is 6.61 Å². The van der Waals surface area contributed by atoms with Gasteiger partial charge in [-0.2, -0.15) is 0 Å². The Morgan fingerprint density at radius 3 is 2.65 bits per heavy atom. The molecule has 0 spiro atoms. The summed E-state index contributed by atoms with van der Waals surface area (Å²) < 4.78 is 16.8. The van der Waals surface area contributed by atoms with Gasteiger partial charge in [-0.1, -0.05) is 30.3 Å². The van der Waals surface area contributed by atoms with Crippen LogP contribution in [0.15, 0.2) is 48.8 Å². The minimum Gasteiger partial charge on any atom is -0.445 e. The van der Waals surface area contributed by atoms with E-state index in [1.54, 1.807) is 18.5 Å². The van der Waals surface area contributed by atoms with Crippen molar-refractivity contribution in [2.24, 2.45) is 0 Å². The van der Waals surface area contributed by atoms with Crippen molar-refractivity contribution >= 4 is 6.09 Å². The quantitative estimate of drug-likeness (QED) is 0.855. The third kappa shape index (κ3) is 5.24. The third-order valence-corrected chi connectivity index (χ3v) is 4.02. The molecule has 7 heteroatoms. The minimum absolute atomic E-state index is 0.203. The zero-order valence-electron chi connectivity index (χ0n) is 14.9. The topological polar surface area (TPSA) is 82.6 Å². The molecule has 1 unspecified atom stereocenters. The lowest BCUT2D eigenvalue weighted by Crippen LogP contribution is -2.47. The molecule has 0 radical (unpaired) electrons. The summed E-state index contributed by atoms with van der Waals surface area (Å²) in [4.78, 5) is 20.7. The smallest absolute Gasteiger partial charge is 0.407 e. The Morgan fingerprint density at radius 2 is 2.00 bits per heavy atom. The highest BCUT2D eigenvalue weighted by atomic mass is 16.7. The fraction of sp³-hybridized carbons (Fsp3) is 0.421. The van der Waals surface area contributed by atoms with E-state index in [0.717, 1.165) is 5.56 Å². The van der Waals surface area contributed by atoms with Crippen molar-refractivity contribution in [1.82, 2.24) is 15.3 Å². The van der Waals surface area contributed by atoms with E-state index in [0.29, 0.717) is 18.9 Å². The molecule has 2 atom stereocenters. The number of hydrogen-bond acceptors (Lipinski definition) is 6. The summed E-state index contributed by atoms with van der Waals surface area (Å²) in [6, 6.07) is 10.9. The minimum atomic E-state index is -0.684. The lowest BCUT2D eigenvalue weighted by atomic mass is 10.1. The first kappa shape index (κ1) is 18.3. The van der Waals surface area contributed by atoms with Crippen LogP contribution in [0.25, 0.3) is 0 Å². The van der Waals surface area contributed by atoms with Gasteiger partial charge in [0.25, 0.3) is 0 Å². The Hall–Kier alpha value is -2.51. The summed E-state index contributed by atoms with van der Waals surface area (Å²) in [7, 11) is 0. The molecule has 1 aliphatic heterocycles. The monoisotopic (exact) mass is 357 g/mol. The highest BCUT2D eigenvalue weighted by molar-refractivity contribution is 5.67. The van der Waals surface area contributed by atoms with Crippen molar-refractivity contribution in [1.29, 1.82) is 0 Å². The molecule has 3 rings (SSSR count). The van der Waals surface area contributed by atoms with Gasteiger partial charge in [0.1, 0.15) is 18.5 Å². The number of nitrogens with zero attached hydrogens (tertiary/aromatic N) is 2. The summed E-state index contributed by atoms with van der Waals surface area (Å²) in [5.41, 5.74) is 0.923. The Labute approximate surface area is 152 Å². The van der Waals surface area contributed by atoms with Crippen molar-refractivity contribution in [2.45, 2.75) is 44.8 Å². The number of carbonyl (C=O) groups excluding carboxylic acids is 1. The normalized spacial score (nSPS) is 19.7. The van der Waals surface area contributed by atoms with Crippen LogP contribution in [-0.2, 0) is 27.2 Å². The predicted octanol–water partition coefficient (Wildman–Crippen LogP) is 2.47. The van der Waals surface area contributed by atoms with Gasteiger partial charge in [-0.25, -0.2) is 14.8 Å². The lowest BCUT2D eigenvalue weighted by molar-refractivity contribution is -0.141. The van der Waals surface area contributed by atoms with Crippen LogP contribution < -0.4 is 5.32 Å². The van der Waals surface area contributed by atoms with Gasteiger partial charge in [0.2, 0.25) is 0 Å². The van der Waals surface area contributed by atoms with E-state index in [1.165, 1.54) is 0 Å². The summed E-state index contributed by atoms with van der Waals surface area (Å²) in [6.45, 7) is 4.27. The van der Waals surface area contributed by atoms with E-state index < -0.39 is 11.9 Å². The van der Waals surface area contributed by atoms with Gasteiger partial charge in [0.15, 0.2) is 5.79 Å². The molecule has 1 aromatic heterocycles. The first-order valence-corrected chi connectivity index (χ1v) is 8.57. The molecule has 2 aromatic rings. The van der Waals surface area contributed by atoms with Gasteiger partial charge in [0, 0.05) is 18.8 Å². The van der Waals surface area contributed by atoms with Crippen molar-refractivity contribution < 1.29 is 19.0 Å². The molecule has 1 saturated heterocycles. The summed E-state index contributed by atoms with van der Waals surface area (Å²) in [5.74, 6) is -0.0648. The molecule has 26 heavy (non-hydrogen) atoms. The van der Waals surface area contributed by atoms with E-state index in [-0.39, 0.29) is 18.8 Å². The molecular formula is C19H23N3O4. The largest absolute Gasteiger partial charge is 0.445 e. The number of aromatic nitrogens is 2. The number of hydrogen-bond donors (Lipinski definition) is 1. The van der Waals surface area contributed by atoms with E-state index >= 15 is 0 Å². The number of rotatable bonds is 6. The van der Waals surface area contributed by atoms with Gasteiger partial charge in [-0.05, 0) is 25.5 Å². The fourth-order valence-electron chi connectivity index (χ4n) is 2.74. The molecule has 7 nitrogen and oxygen atoms in total. The maximum atomic E-state index is 12.3. The van der Waals surface area contributed by atoms with E-state index in [2.05, 4.69) is 15.3 Å². The van der Waals surface area contributed by atoms with Crippen molar-refractivity contribution in [3.05, 3.63) is 60.2 Å². The lowest BCUT2D eigenvalue weighted by Gasteiger charge is -2.24. The molecule has 0 bridgehead atoms. The number of nitrogens with one attached hydrogen (secondary N) is 1. The van der Waals surface area contributed by atoms with Crippen LogP contribution >= 0.6 is 0 Å². The molecule has 1 aliphatic rings. The third-order valence-electron chi connectivity index (χ3n) is 4.02. The highest BCUT2D eigenvalue weighted by Gasteiger charge is 2.38. The van der Waals surface area contributed by atoms with E-state index in [4.69, 9.17) is 14.2 Å². The molecule has 1 N–H and O–H groups in total. The maximum absolute atomic E-state index is 12.3. The van der Waals surface area contributed by atoms with Crippen LogP contribution in [0.1, 0.15) is 25.2 Å². The van der Waals surface area contributed by atoms with E-state index in [9.17, 15) is 4.79 Å². The Morgan fingerprint density at radius 1 is 1.27 bits per heavy atom. The second-order valence-corrected chi connectivity index (χ2v) is 6.55. The van der Waals surface area contributed by atoms with Gasteiger partial charge < -0.3 is 19.5 Å². The van der Waals surface area contributed by atoms with E-state index in [1.807, 2.05) is 44.2 Å². The zero-order valence-corrected chi connectivity index (χ0v) is 14.9. The number of alkyl carbamates (subject to hydrolysis) is 1. The van der Waals surface area contributed by atoms with Gasteiger partial charge in [-0.3, -0.25) is 0 Å². The van der Waals surface area contributed by atoms with Crippen LogP contribution in [0.4, 0.5) is 4.79 Å². The standard InChI is InChI=1S/C19H23N3O4/c1-19(2)25-13-16(26-19)15(11-17-20-9-6-10-21-17)22-18(23)24-12-14-7-4-3-5-8-14/h3-10,15-16H,11-13H2,1-2H3,(H,22,23)/t15?,16-/m0/s1. The highest BCUT2D eigenvalue weighted by Crippen LogP contribution is 2.25. The SMILES string of the molecule is CC1(C)OC[C@@H](C(Cc2ncccn2)NC(=O)OCc2ccccc2)O1. The first-order valence-electron chi connectivity index (χ1n) is 8.57. The van der Waals surface area contributed by atoms with Gasteiger partial charge >= 0.3 is 6.09 Å². The van der Waals surface area contributed by atoms with Crippen molar-refractivity contribution in [3.63, 3.8) is 0 Å². The molecule has 1 aromatic carbocycles. The van der Waals surface area contributed by atoms with Crippen LogP contribution in [0, 0.1) is 0 Å². The summed E-state index contributed by atoms with van der Waals surface area (Å²) in [5, 5.41) is 2.87. The number of benzene rings is 1. The summed E-state index contributed by atoms with van der Waals surface area (Å²) >= 11 is 0. The molecule has 0 aliphatic carbocycles. The Kier molecular flexibility index (Phi) is 5.80. The molecule has 1 fully saturated rings. The molecule has 0 saturated carbocycles. The average molecular weight is 357 g/mol. The predicted molar refractivity (Wildman–Crippen MR) is 94.2 cm³/mol. The zero-order chi connectivity index (χ0) is 18.4. The fourth-order valence-corrected chi connectivity index (χ4v) is 2.74. The van der Waals surface area contributed by atoms with Crippen LogP contribution in [0.5, 0.6) is 0 Å². The van der Waals surface area contributed by atoms with Crippen LogP contribution in [-0.4, -0.2) is 40.6 Å². The number of amides is 1. The van der Waals surface area contributed by atoms with Gasteiger partial charge in [-0.15, -0.1) is 0 Å². The molecular weight excluding hydrogens is 334 g/mol. The number of carbonyl (C=O) groups is 1. The summed E-state index contributed by atoms with van der Waals surface area (Å²) in [6.07, 6.45) is 2.94. The average Bonchev–Trinajstić information content (AvgIpc) is 3.01. The molecule has 1 amide bonds. The molecule has 138 valence electrons. The first-order chi connectivity index (χ1) is 12.5. The number of ether oxygens (including phenoxy) is 3. The second-order valence-electron chi connectivity index (χ2n) is 6.55. The Balaban J connectivity index is 1.62. The maximum Gasteiger partial charge on any atom is 0.407 e. The van der Waals surface area contributed by atoms with Gasteiger partial charge in [0.05, 0.1) is 12.6 Å². The van der Waals surface area contributed by atoms with Crippen molar-refractivity contribution in [3.8, 4) is 0 Å². The van der Waals surface area contributed by atoms with Crippen LogP contribution in [0.2, 0.25) is 0 Å². The molecule has 2 heterocycles. The second kappa shape index (κ2) is 8.25.